The van der Waals surface area contributed by atoms with Gasteiger partial charge in [-0.3, -0.25) is 0 Å². The van der Waals surface area contributed by atoms with Crippen LogP contribution < -0.4 is 0 Å². The Morgan fingerprint density at radius 3 is 2.19 bits per heavy atom. The van der Waals surface area contributed by atoms with Gasteiger partial charge in [-0.1, -0.05) is 38.1 Å². The van der Waals surface area contributed by atoms with Gasteiger partial charge in [0.15, 0.2) is 0 Å². The second-order valence-electron chi connectivity index (χ2n) is 5.74. The largest absolute Gasteiger partial charge is 0.388 e. The third kappa shape index (κ3) is 3.67. The molecule has 0 aliphatic heterocycles. The molecule has 0 bridgehead atoms. The summed E-state index contributed by atoms with van der Waals surface area (Å²) in [6.45, 7) is 5.78. The Balaban J connectivity index is 2.17. The molecule has 0 amide bonds. The number of hydrogen-bond donors (Lipinski definition) is 1. The zero-order valence-electron chi connectivity index (χ0n) is 12.5. The fourth-order valence-electron chi connectivity index (χ4n) is 2.31. The minimum Gasteiger partial charge on any atom is -0.388 e. The molecule has 1 atom stereocenters. The molecule has 0 saturated heterocycles. The van der Waals surface area contributed by atoms with Crippen molar-refractivity contribution in [1.29, 1.82) is 0 Å². The summed E-state index contributed by atoms with van der Waals surface area (Å²) in [5.41, 5.74) is 2.62. The molecule has 0 heterocycles. The zero-order chi connectivity index (χ0) is 15.6. The van der Waals surface area contributed by atoms with Crippen LogP contribution in [0.1, 0.15) is 48.1 Å². The van der Waals surface area contributed by atoms with Gasteiger partial charge in [-0.2, -0.15) is 0 Å². The number of benzene rings is 2. The molecular weight excluding hydrogens is 270 g/mol. The standard InChI is InChI=1S/C18H20F2O/c1-11(2)14-6-4-13(5-7-14)9-18(21)15-8-12(3)16(19)10-17(15)20/h4-8,10-11,18,21H,9H2,1-3H3. The maximum absolute atomic E-state index is 13.8. The summed E-state index contributed by atoms with van der Waals surface area (Å²) in [7, 11) is 0. The molecule has 21 heavy (non-hydrogen) atoms. The van der Waals surface area contributed by atoms with Crippen LogP contribution in [0.25, 0.3) is 0 Å². The summed E-state index contributed by atoms with van der Waals surface area (Å²) < 4.78 is 27.0. The first-order chi connectivity index (χ1) is 9.88. The van der Waals surface area contributed by atoms with E-state index in [1.807, 2.05) is 24.3 Å². The Bertz CT molecular complexity index is 618. The first-order valence-corrected chi connectivity index (χ1v) is 7.11. The van der Waals surface area contributed by atoms with Crippen molar-refractivity contribution in [2.45, 2.75) is 39.2 Å². The van der Waals surface area contributed by atoms with Crippen LogP contribution >= 0.6 is 0 Å². The van der Waals surface area contributed by atoms with Gasteiger partial charge in [0, 0.05) is 18.1 Å². The second kappa shape index (κ2) is 6.35. The fraction of sp³-hybridized carbons (Fsp3) is 0.333. The van der Waals surface area contributed by atoms with E-state index in [2.05, 4.69) is 13.8 Å². The van der Waals surface area contributed by atoms with Gasteiger partial charge in [0.2, 0.25) is 0 Å². The minimum absolute atomic E-state index is 0.141. The van der Waals surface area contributed by atoms with E-state index in [0.29, 0.717) is 17.9 Å². The van der Waals surface area contributed by atoms with Crippen LogP contribution in [0.4, 0.5) is 8.78 Å². The van der Waals surface area contributed by atoms with E-state index in [4.69, 9.17) is 0 Å². The van der Waals surface area contributed by atoms with Crippen LogP contribution in [-0.2, 0) is 6.42 Å². The van der Waals surface area contributed by atoms with Gasteiger partial charge in [0.05, 0.1) is 6.10 Å². The lowest BCUT2D eigenvalue weighted by atomic mass is 9.96. The predicted octanol–water partition coefficient (Wildman–Crippen LogP) is 4.67. The SMILES string of the molecule is Cc1cc(C(O)Cc2ccc(C(C)C)cc2)c(F)cc1F. The number of rotatable bonds is 4. The Morgan fingerprint density at radius 2 is 1.62 bits per heavy atom. The molecule has 0 fully saturated rings. The van der Waals surface area contributed by atoms with Crippen LogP contribution in [0.5, 0.6) is 0 Å². The average Bonchev–Trinajstić information content (AvgIpc) is 2.43. The van der Waals surface area contributed by atoms with Crippen molar-refractivity contribution < 1.29 is 13.9 Å². The molecule has 0 saturated carbocycles. The Morgan fingerprint density at radius 1 is 1.00 bits per heavy atom. The molecule has 2 rings (SSSR count). The highest BCUT2D eigenvalue weighted by molar-refractivity contribution is 5.30. The third-order valence-corrected chi connectivity index (χ3v) is 3.71. The Hall–Kier alpha value is -1.74. The molecule has 112 valence electrons. The first-order valence-electron chi connectivity index (χ1n) is 7.11. The fourth-order valence-corrected chi connectivity index (χ4v) is 2.31. The molecular formula is C18H20F2O. The molecule has 1 N–H and O–H groups in total. The van der Waals surface area contributed by atoms with Gasteiger partial charge >= 0.3 is 0 Å². The summed E-state index contributed by atoms with van der Waals surface area (Å²) in [5, 5.41) is 10.2. The van der Waals surface area contributed by atoms with Gasteiger partial charge in [-0.25, -0.2) is 8.78 Å². The van der Waals surface area contributed by atoms with Crippen LogP contribution in [-0.4, -0.2) is 5.11 Å². The highest BCUT2D eigenvalue weighted by Gasteiger charge is 2.16. The lowest BCUT2D eigenvalue weighted by Crippen LogP contribution is -2.06. The van der Waals surface area contributed by atoms with E-state index in [1.54, 1.807) is 6.92 Å². The molecule has 0 aromatic heterocycles. The summed E-state index contributed by atoms with van der Waals surface area (Å²) in [6, 6.07) is 10.1. The van der Waals surface area contributed by atoms with Crippen molar-refractivity contribution in [1.82, 2.24) is 0 Å². The Kier molecular flexibility index (Phi) is 4.73. The third-order valence-electron chi connectivity index (χ3n) is 3.71. The van der Waals surface area contributed by atoms with E-state index >= 15 is 0 Å². The first kappa shape index (κ1) is 15.6. The van der Waals surface area contributed by atoms with Gasteiger partial charge in [-0.05, 0) is 35.6 Å². The minimum atomic E-state index is -0.978. The van der Waals surface area contributed by atoms with Gasteiger partial charge < -0.3 is 5.11 Å². The highest BCUT2D eigenvalue weighted by Crippen LogP contribution is 2.24. The quantitative estimate of drug-likeness (QED) is 0.867. The molecule has 1 nitrogen and oxygen atoms in total. The maximum Gasteiger partial charge on any atom is 0.131 e. The molecule has 0 aliphatic rings. The smallest absolute Gasteiger partial charge is 0.131 e. The summed E-state index contributed by atoms with van der Waals surface area (Å²) in [6.07, 6.45) is -0.672. The van der Waals surface area contributed by atoms with E-state index in [9.17, 15) is 13.9 Å². The molecule has 2 aromatic carbocycles. The van der Waals surface area contributed by atoms with Crippen LogP contribution in [0.3, 0.4) is 0 Å². The van der Waals surface area contributed by atoms with Crippen molar-refractivity contribution in [2.75, 3.05) is 0 Å². The predicted molar refractivity (Wildman–Crippen MR) is 80.3 cm³/mol. The van der Waals surface area contributed by atoms with Crippen molar-refractivity contribution in [2.24, 2.45) is 0 Å². The van der Waals surface area contributed by atoms with E-state index in [0.717, 1.165) is 11.6 Å². The summed E-state index contributed by atoms with van der Waals surface area (Å²) >= 11 is 0. The molecule has 0 radical (unpaired) electrons. The molecule has 0 aliphatic carbocycles. The molecule has 2 aromatic rings. The van der Waals surface area contributed by atoms with Gasteiger partial charge in [0.1, 0.15) is 11.6 Å². The van der Waals surface area contributed by atoms with E-state index < -0.39 is 17.7 Å². The van der Waals surface area contributed by atoms with E-state index in [1.165, 1.54) is 11.6 Å². The zero-order valence-corrected chi connectivity index (χ0v) is 12.5. The molecule has 0 spiro atoms. The number of halogens is 2. The monoisotopic (exact) mass is 290 g/mol. The van der Waals surface area contributed by atoms with E-state index in [-0.39, 0.29) is 5.56 Å². The average molecular weight is 290 g/mol. The lowest BCUT2D eigenvalue weighted by molar-refractivity contribution is 0.173. The number of hydrogen-bond acceptors (Lipinski definition) is 1. The normalized spacial score (nSPS) is 12.7. The topological polar surface area (TPSA) is 20.2 Å². The van der Waals surface area contributed by atoms with Crippen molar-refractivity contribution in [3.05, 3.63) is 70.3 Å². The highest BCUT2D eigenvalue weighted by atomic mass is 19.1. The molecule has 3 heteroatoms. The van der Waals surface area contributed by atoms with Gasteiger partial charge in [0.25, 0.3) is 0 Å². The van der Waals surface area contributed by atoms with Gasteiger partial charge in [-0.15, -0.1) is 0 Å². The number of aliphatic hydroxyl groups excluding tert-OH is 1. The maximum atomic E-state index is 13.8. The number of aliphatic hydroxyl groups is 1. The summed E-state index contributed by atoms with van der Waals surface area (Å²) in [5.74, 6) is -0.852. The molecule has 1 unspecified atom stereocenters. The van der Waals surface area contributed by atoms with Crippen LogP contribution in [0.2, 0.25) is 0 Å². The Labute approximate surface area is 124 Å². The van der Waals surface area contributed by atoms with Crippen LogP contribution in [0.15, 0.2) is 36.4 Å². The second-order valence-corrected chi connectivity index (χ2v) is 5.74. The lowest BCUT2D eigenvalue weighted by Gasteiger charge is -2.14. The van der Waals surface area contributed by atoms with Crippen LogP contribution in [0, 0.1) is 18.6 Å². The van der Waals surface area contributed by atoms with Crippen molar-refractivity contribution in [3.63, 3.8) is 0 Å². The van der Waals surface area contributed by atoms with Crippen molar-refractivity contribution in [3.8, 4) is 0 Å². The summed E-state index contributed by atoms with van der Waals surface area (Å²) in [4.78, 5) is 0. The van der Waals surface area contributed by atoms with Crippen molar-refractivity contribution >= 4 is 0 Å². The number of aryl methyl sites for hydroxylation is 1.